The fourth-order valence-electron chi connectivity index (χ4n) is 3.76. The van der Waals surface area contributed by atoms with Gasteiger partial charge in [0.05, 0.1) is 25.9 Å². The molecule has 1 aliphatic heterocycles. The largest absolute Gasteiger partial charge is 0.480 e. The number of methoxy groups -OCH3 is 1. The monoisotopic (exact) mass is 332 g/mol. The molecular weight excluding hydrogens is 308 g/mol. The smallest absolute Gasteiger partial charge is 0.259 e. The molecule has 0 N–H and O–H groups in total. The maximum absolute atomic E-state index is 13.1. The van der Waals surface area contributed by atoms with E-state index in [-0.39, 0.29) is 24.2 Å². The molecule has 2 bridgehead atoms. The molecule has 1 aromatic rings. The van der Waals surface area contributed by atoms with Gasteiger partial charge in [-0.05, 0) is 43.7 Å². The van der Waals surface area contributed by atoms with Crippen molar-refractivity contribution in [3.05, 3.63) is 23.9 Å². The minimum Gasteiger partial charge on any atom is -0.480 e. The summed E-state index contributed by atoms with van der Waals surface area (Å²) in [6, 6.07) is 3.61. The maximum atomic E-state index is 13.1. The lowest BCUT2D eigenvalue weighted by atomic mass is 10.1. The highest BCUT2D eigenvalue weighted by Crippen LogP contribution is 2.36. The molecule has 2 heterocycles. The molecule has 3 fully saturated rings. The fourth-order valence-corrected chi connectivity index (χ4v) is 3.76. The Bertz CT molecular complexity index is 604. The highest BCUT2D eigenvalue weighted by atomic mass is 16.5. The third-order valence-electron chi connectivity index (χ3n) is 5.23. The predicted molar refractivity (Wildman–Crippen MR) is 87.1 cm³/mol. The summed E-state index contributed by atoms with van der Waals surface area (Å²) in [7, 11) is 1.54. The summed E-state index contributed by atoms with van der Waals surface area (Å²) in [4.78, 5) is 19.2. The van der Waals surface area contributed by atoms with Crippen molar-refractivity contribution in [2.24, 2.45) is 5.92 Å². The summed E-state index contributed by atoms with van der Waals surface area (Å²) in [5.41, 5.74) is 0.506. The number of nitrogens with zero attached hydrogens (tertiary/aromatic N) is 2. The van der Waals surface area contributed by atoms with Crippen LogP contribution >= 0.6 is 0 Å². The molecule has 0 unspecified atom stereocenters. The van der Waals surface area contributed by atoms with Crippen LogP contribution < -0.4 is 4.74 Å². The first-order valence-corrected chi connectivity index (χ1v) is 8.81. The van der Waals surface area contributed by atoms with Crippen molar-refractivity contribution in [1.29, 1.82) is 0 Å². The van der Waals surface area contributed by atoms with Crippen LogP contribution in [0.3, 0.4) is 0 Å². The molecule has 6 heteroatoms. The van der Waals surface area contributed by atoms with Crippen molar-refractivity contribution in [2.75, 3.05) is 26.9 Å². The van der Waals surface area contributed by atoms with Crippen LogP contribution in [0.5, 0.6) is 5.88 Å². The lowest BCUT2D eigenvalue weighted by molar-refractivity contribution is -0.0556. The molecule has 0 aromatic carbocycles. The van der Waals surface area contributed by atoms with E-state index in [1.54, 1.807) is 18.3 Å². The lowest BCUT2D eigenvalue weighted by Crippen LogP contribution is -2.46. The van der Waals surface area contributed by atoms with Crippen LogP contribution in [-0.4, -0.2) is 60.9 Å². The number of ether oxygens (including phenoxy) is 3. The molecule has 1 saturated heterocycles. The summed E-state index contributed by atoms with van der Waals surface area (Å²) in [6.07, 6.45) is 6.13. The van der Waals surface area contributed by atoms with Gasteiger partial charge in [-0.15, -0.1) is 0 Å². The van der Waals surface area contributed by atoms with Crippen molar-refractivity contribution in [3.63, 3.8) is 0 Å². The molecule has 130 valence electrons. The van der Waals surface area contributed by atoms with E-state index in [1.807, 2.05) is 4.90 Å². The molecule has 4 rings (SSSR count). The van der Waals surface area contributed by atoms with Crippen LogP contribution in [0.4, 0.5) is 0 Å². The molecule has 0 radical (unpaired) electrons. The number of carbonyl (C=O) groups is 1. The lowest BCUT2D eigenvalue weighted by Gasteiger charge is -2.31. The van der Waals surface area contributed by atoms with Gasteiger partial charge in [0.2, 0.25) is 5.88 Å². The molecule has 2 saturated carbocycles. The van der Waals surface area contributed by atoms with Crippen LogP contribution in [0.1, 0.15) is 36.0 Å². The van der Waals surface area contributed by atoms with E-state index in [9.17, 15) is 4.79 Å². The average Bonchev–Trinajstić information content (AvgIpc) is 3.36. The van der Waals surface area contributed by atoms with Crippen LogP contribution in [-0.2, 0) is 9.47 Å². The number of amides is 1. The van der Waals surface area contributed by atoms with Crippen molar-refractivity contribution >= 4 is 5.91 Å². The van der Waals surface area contributed by atoms with Gasteiger partial charge < -0.3 is 19.1 Å². The Kier molecular flexibility index (Phi) is 4.41. The van der Waals surface area contributed by atoms with E-state index in [4.69, 9.17) is 14.2 Å². The SMILES string of the molecule is COc1ncccc1C(=O)N1CCO[C@H]2CC[C@H]1[C@@H]2OCC1CC1. The molecular formula is C18H24N2O4. The number of fused-ring (bicyclic) bond motifs is 2. The number of hydrogen-bond donors (Lipinski definition) is 0. The van der Waals surface area contributed by atoms with E-state index in [0.29, 0.717) is 30.5 Å². The second-order valence-corrected chi connectivity index (χ2v) is 6.85. The fraction of sp³-hybridized carbons (Fsp3) is 0.667. The zero-order chi connectivity index (χ0) is 16.5. The topological polar surface area (TPSA) is 60.9 Å². The Morgan fingerprint density at radius 3 is 3.04 bits per heavy atom. The Hall–Kier alpha value is -1.66. The molecule has 3 atom stereocenters. The van der Waals surface area contributed by atoms with E-state index >= 15 is 0 Å². The second-order valence-electron chi connectivity index (χ2n) is 6.85. The van der Waals surface area contributed by atoms with Gasteiger partial charge in [-0.1, -0.05) is 0 Å². The minimum absolute atomic E-state index is 0.0142. The molecule has 1 aromatic heterocycles. The van der Waals surface area contributed by atoms with Crippen molar-refractivity contribution in [3.8, 4) is 5.88 Å². The Morgan fingerprint density at radius 2 is 2.25 bits per heavy atom. The third kappa shape index (κ3) is 3.00. The van der Waals surface area contributed by atoms with Crippen LogP contribution in [0, 0.1) is 5.92 Å². The number of pyridine rings is 1. The summed E-state index contributed by atoms with van der Waals surface area (Å²) in [6.45, 7) is 1.93. The first-order chi connectivity index (χ1) is 11.8. The summed E-state index contributed by atoms with van der Waals surface area (Å²) >= 11 is 0. The second kappa shape index (κ2) is 6.69. The Labute approximate surface area is 142 Å². The first-order valence-electron chi connectivity index (χ1n) is 8.81. The molecule has 3 aliphatic rings. The quantitative estimate of drug-likeness (QED) is 0.824. The van der Waals surface area contributed by atoms with Gasteiger partial charge in [0, 0.05) is 19.3 Å². The summed E-state index contributed by atoms with van der Waals surface area (Å²) in [5.74, 6) is 1.03. The Morgan fingerprint density at radius 1 is 1.38 bits per heavy atom. The highest BCUT2D eigenvalue weighted by molar-refractivity contribution is 5.96. The maximum Gasteiger partial charge on any atom is 0.259 e. The van der Waals surface area contributed by atoms with Gasteiger partial charge in [-0.2, -0.15) is 0 Å². The molecule has 0 spiro atoms. The third-order valence-corrected chi connectivity index (χ3v) is 5.23. The van der Waals surface area contributed by atoms with E-state index in [1.165, 1.54) is 20.0 Å². The van der Waals surface area contributed by atoms with Gasteiger partial charge in [-0.25, -0.2) is 4.98 Å². The first kappa shape index (κ1) is 15.8. The minimum atomic E-state index is -0.0453. The standard InChI is InChI=1S/C18H24N2O4/c1-22-17-13(3-2-8-19-17)18(21)20-9-10-23-15-7-6-14(20)16(15)24-11-12-4-5-12/h2-3,8,12,14-16H,4-7,9-11H2,1H3/t14-,15-,16-/m0/s1. The number of aromatic nitrogens is 1. The normalized spacial score (nSPS) is 29.4. The van der Waals surface area contributed by atoms with E-state index in [2.05, 4.69) is 4.98 Å². The van der Waals surface area contributed by atoms with Gasteiger partial charge >= 0.3 is 0 Å². The van der Waals surface area contributed by atoms with Crippen molar-refractivity contribution in [1.82, 2.24) is 9.88 Å². The van der Waals surface area contributed by atoms with Crippen LogP contribution in [0.25, 0.3) is 0 Å². The van der Waals surface area contributed by atoms with E-state index in [0.717, 1.165) is 19.4 Å². The van der Waals surface area contributed by atoms with Gasteiger partial charge in [0.1, 0.15) is 11.7 Å². The summed E-state index contributed by atoms with van der Waals surface area (Å²) in [5, 5.41) is 0. The van der Waals surface area contributed by atoms with E-state index < -0.39 is 0 Å². The molecule has 1 amide bonds. The molecule has 6 nitrogen and oxygen atoms in total. The zero-order valence-corrected chi connectivity index (χ0v) is 14.0. The molecule has 2 aliphatic carbocycles. The zero-order valence-electron chi connectivity index (χ0n) is 14.0. The van der Waals surface area contributed by atoms with Crippen molar-refractivity contribution in [2.45, 2.75) is 43.9 Å². The highest BCUT2D eigenvalue weighted by Gasteiger charge is 2.45. The summed E-state index contributed by atoms with van der Waals surface area (Å²) < 4.78 is 17.4. The Balaban J connectivity index is 1.55. The van der Waals surface area contributed by atoms with Gasteiger partial charge in [-0.3, -0.25) is 4.79 Å². The number of hydrogen-bond acceptors (Lipinski definition) is 5. The number of carbonyl (C=O) groups excluding carboxylic acids is 1. The van der Waals surface area contributed by atoms with Gasteiger partial charge in [0.25, 0.3) is 5.91 Å². The predicted octanol–water partition coefficient (Wildman–Crippen LogP) is 1.89. The number of rotatable bonds is 5. The van der Waals surface area contributed by atoms with Crippen LogP contribution in [0.15, 0.2) is 18.3 Å². The van der Waals surface area contributed by atoms with Gasteiger partial charge in [0.15, 0.2) is 0 Å². The van der Waals surface area contributed by atoms with Crippen molar-refractivity contribution < 1.29 is 19.0 Å². The van der Waals surface area contributed by atoms with Crippen LogP contribution in [0.2, 0.25) is 0 Å². The average molecular weight is 332 g/mol. The molecule has 24 heavy (non-hydrogen) atoms.